The molecule has 7 heteroatoms. The van der Waals surface area contributed by atoms with Gasteiger partial charge in [-0.05, 0) is 31.1 Å². The predicted octanol–water partition coefficient (Wildman–Crippen LogP) is 1.03. The number of amides is 2. The van der Waals surface area contributed by atoms with Crippen LogP contribution in [0.25, 0.3) is 0 Å². The average molecular weight is 292 g/mol. The molecule has 2 aliphatic rings. The van der Waals surface area contributed by atoms with E-state index in [4.69, 9.17) is 0 Å². The van der Waals surface area contributed by atoms with Crippen molar-refractivity contribution < 1.29 is 14.7 Å². The molecule has 1 aromatic rings. The van der Waals surface area contributed by atoms with Crippen molar-refractivity contribution in [3.8, 4) is 0 Å². The molecule has 1 aromatic heterocycles. The molecule has 3 rings (SSSR count). The summed E-state index contributed by atoms with van der Waals surface area (Å²) in [6, 6.07) is -1.30. The zero-order valence-corrected chi connectivity index (χ0v) is 12.0. The summed E-state index contributed by atoms with van der Waals surface area (Å²) < 4.78 is 1.51. The summed E-state index contributed by atoms with van der Waals surface area (Å²) in [4.78, 5) is 23.4. The molecule has 4 unspecified atom stereocenters. The van der Waals surface area contributed by atoms with E-state index in [2.05, 4.69) is 15.7 Å². The van der Waals surface area contributed by atoms with E-state index in [-0.39, 0.29) is 6.04 Å². The van der Waals surface area contributed by atoms with Crippen molar-refractivity contribution in [2.75, 3.05) is 0 Å². The number of carbonyl (C=O) groups excluding carboxylic acids is 1. The van der Waals surface area contributed by atoms with Gasteiger partial charge in [-0.3, -0.25) is 4.68 Å². The van der Waals surface area contributed by atoms with Crippen LogP contribution in [0.2, 0.25) is 0 Å². The van der Waals surface area contributed by atoms with Crippen molar-refractivity contribution in [3.63, 3.8) is 0 Å². The van der Waals surface area contributed by atoms with E-state index in [9.17, 15) is 14.7 Å². The van der Waals surface area contributed by atoms with Gasteiger partial charge in [0, 0.05) is 24.8 Å². The number of carboxylic acid groups (broad SMARTS) is 1. The Morgan fingerprint density at radius 1 is 1.43 bits per heavy atom. The molecule has 7 nitrogen and oxygen atoms in total. The molecule has 0 aliphatic heterocycles. The van der Waals surface area contributed by atoms with Crippen molar-refractivity contribution in [1.29, 1.82) is 0 Å². The molecule has 21 heavy (non-hydrogen) atoms. The smallest absolute Gasteiger partial charge is 0.331 e. The quantitative estimate of drug-likeness (QED) is 0.772. The minimum absolute atomic E-state index is 0.187. The van der Waals surface area contributed by atoms with Crippen molar-refractivity contribution in [3.05, 3.63) is 18.0 Å². The molecule has 2 aliphatic carbocycles. The van der Waals surface area contributed by atoms with Gasteiger partial charge in [0.25, 0.3) is 0 Å². The number of nitrogens with zero attached hydrogens (tertiary/aromatic N) is 2. The second-order valence-electron chi connectivity index (χ2n) is 6.12. The highest BCUT2D eigenvalue weighted by atomic mass is 16.4. The molecule has 1 heterocycles. The number of hydrogen-bond donors (Lipinski definition) is 3. The highest BCUT2D eigenvalue weighted by Crippen LogP contribution is 2.44. The summed E-state index contributed by atoms with van der Waals surface area (Å²) in [5.74, 6) is 0.197. The number of urea groups is 1. The van der Waals surface area contributed by atoms with E-state index in [0.29, 0.717) is 11.5 Å². The monoisotopic (exact) mass is 292 g/mol. The van der Waals surface area contributed by atoms with Crippen molar-refractivity contribution >= 4 is 12.0 Å². The number of aromatic nitrogens is 2. The van der Waals surface area contributed by atoms with Gasteiger partial charge in [-0.15, -0.1) is 0 Å². The lowest BCUT2D eigenvalue weighted by Crippen LogP contribution is -2.46. The van der Waals surface area contributed by atoms with Crippen LogP contribution in [0.3, 0.4) is 0 Å². The Morgan fingerprint density at radius 3 is 2.76 bits per heavy atom. The van der Waals surface area contributed by atoms with Gasteiger partial charge < -0.3 is 15.7 Å². The summed E-state index contributed by atoms with van der Waals surface area (Å²) in [5.41, 5.74) is 0.466. The maximum absolute atomic E-state index is 12.1. The maximum Gasteiger partial charge on any atom is 0.331 e. The maximum atomic E-state index is 12.1. The van der Waals surface area contributed by atoms with Gasteiger partial charge in [0.15, 0.2) is 6.04 Å². The van der Waals surface area contributed by atoms with Gasteiger partial charge in [0.05, 0.1) is 6.20 Å². The Balaban J connectivity index is 1.60. The highest BCUT2D eigenvalue weighted by Gasteiger charge is 2.40. The van der Waals surface area contributed by atoms with Gasteiger partial charge in [-0.2, -0.15) is 5.10 Å². The molecule has 114 valence electrons. The van der Waals surface area contributed by atoms with Gasteiger partial charge in [-0.1, -0.05) is 6.42 Å². The fourth-order valence-electron chi connectivity index (χ4n) is 3.64. The third-order valence-corrected chi connectivity index (χ3v) is 4.64. The van der Waals surface area contributed by atoms with Crippen LogP contribution >= 0.6 is 0 Å². The number of hydrogen-bond acceptors (Lipinski definition) is 3. The van der Waals surface area contributed by atoms with E-state index < -0.39 is 18.0 Å². The van der Waals surface area contributed by atoms with Crippen molar-refractivity contribution in [2.24, 2.45) is 18.9 Å². The predicted molar refractivity (Wildman–Crippen MR) is 74.5 cm³/mol. The van der Waals surface area contributed by atoms with Crippen molar-refractivity contribution in [2.45, 2.75) is 37.8 Å². The van der Waals surface area contributed by atoms with E-state index in [1.165, 1.54) is 30.1 Å². The summed E-state index contributed by atoms with van der Waals surface area (Å²) in [6.45, 7) is 0. The molecule has 3 N–H and O–H groups in total. The number of nitrogens with one attached hydrogen (secondary N) is 2. The van der Waals surface area contributed by atoms with Gasteiger partial charge in [0.1, 0.15) is 0 Å². The van der Waals surface area contributed by atoms with Crippen molar-refractivity contribution in [1.82, 2.24) is 20.4 Å². The molecule has 2 amide bonds. The van der Waals surface area contributed by atoms with Crippen LogP contribution in [-0.4, -0.2) is 32.9 Å². The first-order chi connectivity index (χ1) is 10.0. The number of aliphatic carboxylic acids is 1. The fourth-order valence-corrected chi connectivity index (χ4v) is 3.64. The standard InChI is InChI=1S/C14H20N4O3/c1-18-7-10(6-15-18)12(13(19)20)17-14(21)16-11-5-8-2-3-9(11)4-8/h6-9,11-12H,2-5H2,1H3,(H,19,20)(H2,16,17,21). The third-order valence-electron chi connectivity index (χ3n) is 4.64. The topological polar surface area (TPSA) is 96.2 Å². The number of aryl methyl sites for hydroxylation is 1. The Bertz CT molecular complexity index is 556. The van der Waals surface area contributed by atoms with Crippen LogP contribution in [0.4, 0.5) is 4.79 Å². The van der Waals surface area contributed by atoms with Crippen LogP contribution in [0, 0.1) is 11.8 Å². The molecular weight excluding hydrogens is 272 g/mol. The molecular formula is C14H20N4O3. The lowest BCUT2D eigenvalue weighted by atomic mass is 9.95. The largest absolute Gasteiger partial charge is 0.479 e. The van der Waals surface area contributed by atoms with E-state index in [1.807, 2.05) is 0 Å². The molecule has 2 saturated carbocycles. The van der Waals surface area contributed by atoms with E-state index in [0.717, 1.165) is 12.3 Å². The molecule has 4 atom stereocenters. The summed E-state index contributed by atoms with van der Waals surface area (Å²) in [7, 11) is 1.71. The summed E-state index contributed by atoms with van der Waals surface area (Å²) in [5, 5.41) is 18.7. The minimum atomic E-state index is -1.09. The Morgan fingerprint density at radius 2 is 2.24 bits per heavy atom. The molecule has 0 spiro atoms. The lowest BCUT2D eigenvalue weighted by molar-refractivity contribution is -0.139. The van der Waals surface area contributed by atoms with Crippen LogP contribution in [0.5, 0.6) is 0 Å². The van der Waals surface area contributed by atoms with Crippen LogP contribution in [-0.2, 0) is 11.8 Å². The van der Waals surface area contributed by atoms with Gasteiger partial charge in [-0.25, -0.2) is 9.59 Å². The fraction of sp³-hybridized carbons (Fsp3) is 0.643. The van der Waals surface area contributed by atoms with E-state index >= 15 is 0 Å². The zero-order valence-electron chi connectivity index (χ0n) is 12.0. The SMILES string of the molecule is Cn1cc(C(NC(=O)NC2CC3CCC2C3)C(=O)O)cn1. The number of carbonyl (C=O) groups is 2. The van der Waals surface area contributed by atoms with E-state index in [1.54, 1.807) is 13.2 Å². The Kier molecular flexibility index (Phi) is 3.57. The first-order valence-electron chi connectivity index (χ1n) is 7.31. The molecule has 2 bridgehead atoms. The average Bonchev–Trinajstić information content (AvgIpc) is 3.12. The second kappa shape index (κ2) is 5.38. The first kappa shape index (κ1) is 13.9. The normalized spacial score (nSPS) is 28.3. The summed E-state index contributed by atoms with van der Waals surface area (Å²) in [6.07, 6.45) is 7.68. The molecule has 0 saturated heterocycles. The molecule has 0 aromatic carbocycles. The number of fused-ring (bicyclic) bond motifs is 2. The van der Waals surface area contributed by atoms with Crippen LogP contribution < -0.4 is 10.6 Å². The van der Waals surface area contributed by atoms with Crippen LogP contribution in [0.1, 0.15) is 37.3 Å². The Hall–Kier alpha value is -2.05. The van der Waals surface area contributed by atoms with Gasteiger partial charge in [0.2, 0.25) is 0 Å². The first-order valence-corrected chi connectivity index (χ1v) is 7.31. The van der Waals surface area contributed by atoms with Gasteiger partial charge >= 0.3 is 12.0 Å². The summed E-state index contributed by atoms with van der Waals surface area (Å²) >= 11 is 0. The third kappa shape index (κ3) is 2.86. The number of carboxylic acids is 1. The lowest BCUT2D eigenvalue weighted by Gasteiger charge is -2.24. The minimum Gasteiger partial charge on any atom is -0.479 e. The molecule has 0 radical (unpaired) electrons. The number of rotatable bonds is 4. The Labute approximate surface area is 122 Å². The van der Waals surface area contributed by atoms with Crippen LogP contribution in [0.15, 0.2) is 12.4 Å². The zero-order chi connectivity index (χ0) is 15.0. The second-order valence-corrected chi connectivity index (χ2v) is 6.12. The molecule has 2 fully saturated rings. The highest BCUT2D eigenvalue weighted by molar-refractivity contribution is 5.83.